The van der Waals surface area contributed by atoms with E-state index in [1.165, 1.54) is 0 Å². The van der Waals surface area contributed by atoms with Crippen molar-refractivity contribution in [1.29, 1.82) is 0 Å². The maximum Gasteiger partial charge on any atom is 0.267 e. The maximum atomic E-state index is 10.8. The zero-order valence-corrected chi connectivity index (χ0v) is 8.44. The average Bonchev–Trinajstić information content (AvgIpc) is 1.82. The van der Waals surface area contributed by atoms with Gasteiger partial charge in [0.2, 0.25) is 0 Å². The van der Waals surface area contributed by atoms with Crippen LogP contribution < -0.4 is 5.73 Å². The highest BCUT2D eigenvalue weighted by molar-refractivity contribution is 8.00. The third kappa shape index (κ3) is 2.62. The summed E-state index contributed by atoms with van der Waals surface area (Å²) in [4.78, 5) is 0. The first-order valence-corrected chi connectivity index (χ1v) is 6.21. The molecule has 0 spiro atoms. The van der Waals surface area contributed by atoms with Crippen LogP contribution in [-0.2, 0) is 10.1 Å². The van der Waals surface area contributed by atoms with Gasteiger partial charge in [0.15, 0.2) is 0 Å². The number of rotatable bonds is 1. The van der Waals surface area contributed by atoms with Gasteiger partial charge < -0.3 is 5.73 Å². The van der Waals surface area contributed by atoms with Gasteiger partial charge in [-0.05, 0) is 12.8 Å². The van der Waals surface area contributed by atoms with E-state index in [9.17, 15) is 8.42 Å². The highest BCUT2D eigenvalue weighted by Crippen LogP contribution is 2.31. The van der Waals surface area contributed by atoms with Crippen molar-refractivity contribution in [1.82, 2.24) is 0 Å². The number of hydrogen-bond acceptors (Lipinski definition) is 4. The van der Waals surface area contributed by atoms with E-state index in [0.29, 0.717) is 12.8 Å². The van der Waals surface area contributed by atoms with Gasteiger partial charge in [-0.25, -0.2) is 0 Å². The molecule has 0 aromatic heterocycles. The Labute approximate surface area is 76.6 Å². The fourth-order valence-electron chi connectivity index (χ4n) is 1.38. The van der Waals surface area contributed by atoms with Gasteiger partial charge in [-0.15, -0.1) is 11.8 Å². The first-order valence-electron chi connectivity index (χ1n) is 3.77. The Morgan fingerprint density at radius 3 is 2.50 bits per heavy atom. The minimum absolute atomic E-state index is 0.166. The number of hydrogen-bond donors (Lipinski definition) is 2. The summed E-state index contributed by atoms with van der Waals surface area (Å²) >= 11 is 1.56. The van der Waals surface area contributed by atoms with Crippen LogP contribution in [0.1, 0.15) is 19.8 Å². The lowest BCUT2D eigenvalue weighted by Gasteiger charge is -2.28. The molecule has 1 saturated heterocycles. The predicted molar refractivity (Wildman–Crippen MR) is 49.6 cm³/mol. The van der Waals surface area contributed by atoms with Gasteiger partial charge in [-0.1, -0.05) is 6.92 Å². The molecule has 0 saturated carbocycles. The molecular formula is C6H13NO3S2. The summed E-state index contributed by atoms with van der Waals surface area (Å²) in [7, 11) is -3.89. The Morgan fingerprint density at radius 2 is 2.08 bits per heavy atom. The van der Waals surface area contributed by atoms with Crippen LogP contribution in [0.4, 0.5) is 0 Å². The molecule has 0 aromatic rings. The average molecular weight is 211 g/mol. The standard InChI is InChI=1S/C6H13NO3S2/c1-4-2-5(12(8,9)10)3-6(7)11-4/h4-6H,2-3,7H2,1H3,(H,8,9,10). The van der Waals surface area contributed by atoms with Crippen LogP contribution in [0.25, 0.3) is 0 Å². The smallest absolute Gasteiger partial charge is 0.267 e. The quantitative estimate of drug-likeness (QED) is 0.615. The van der Waals surface area contributed by atoms with Gasteiger partial charge >= 0.3 is 0 Å². The van der Waals surface area contributed by atoms with Crippen LogP contribution in [0.15, 0.2) is 0 Å². The second kappa shape index (κ2) is 3.53. The largest absolute Gasteiger partial charge is 0.319 e. The molecule has 1 heterocycles. The van der Waals surface area contributed by atoms with E-state index in [1.54, 1.807) is 11.8 Å². The van der Waals surface area contributed by atoms with Gasteiger partial charge in [0.25, 0.3) is 10.1 Å². The van der Waals surface area contributed by atoms with Crippen molar-refractivity contribution in [2.24, 2.45) is 5.73 Å². The summed E-state index contributed by atoms with van der Waals surface area (Å²) in [6.45, 7) is 1.92. The zero-order chi connectivity index (χ0) is 9.35. The van der Waals surface area contributed by atoms with Gasteiger partial charge in [0, 0.05) is 5.25 Å². The van der Waals surface area contributed by atoms with Gasteiger partial charge in [0.05, 0.1) is 10.6 Å². The molecule has 4 nitrogen and oxygen atoms in total. The third-order valence-electron chi connectivity index (χ3n) is 1.92. The van der Waals surface area contributed by atoms with Gasteiger partial charge in [-0.3, -0.25) is 4.55 Å². The fraction of sp³-hybridized carbons (Fsp3) is 1.00. The van der Waals surface area contributed by atoms with E-state index in [-0.39, 0.29) is 10.6 Å². The molecule has 1 rings (SSSR count). The zero-order valence-electron chi connectivity index (χ0n) is 6.80. The summed E-state index contributed by atoms with van der Waals surface area (Å²) in [6.07, 6.45) is 0.852. The Kier molecular flexibility index (Phi) is 3.03. The molecule has 1 fully saturated rings. The van der Waals surface area contributed by atoms with Crippen molar-refractivity contribution >= 4 is 21.9 Å². The van der Waals surface area contributed by atoms with E-state index < -0.39 is 15.4 Å². The van der Waals surface area contributed by atoms with E-state index >= 15 is 0 Å². The van der Waals surface area contributed by atoms with Crippen LogP contribution in [0, 0.1) is 0 Å². The third-order valence-corrected chi connectivity index (χ3v) is 4.34. The summed E-state index contributed by atoms with van der Waals surface area (Å²) in [6, 6.07) is 0. The lowest BCUT2D eigenvalue weighted by atomic mass is 10.2. The van der Waals surface area contributed by atoms with Crippen LogP contribution >= 0.6 is 11.8 Å². The second-order valence-electron chi connectivity index (χ2n) is 3.09. The van der Waals surface area contributed by atoms with Crippen molar-refractivity contribution in [3.8, 4) is 0 Å². The Bertz CT molecular complexity index is 242. The summed E-state index contributed by atoms with van der Waals surface area (Å²) in [5, 5.41) is -0.620. The fourth-order valence-corrected chi connectivity index (χ4v) is 3.89. The van der Waals surface area contributed by atoms with Crippen LogP contribution in [0.2, 0.25) is 0 Å². The maximum absolute atomic E-state index is 10.8. The topological polar surface area (TPSA) is 80.4 Å². The second-order valence-corrected chi connectivity index (χ2v) is 6.47. The van der Waals surface area contributed by atoms with E-state index in [0.717, 1.165) is 0 Å². The first-order chi connectivity index (χ1) is 5.39. The lowest BCUT2D eigenvalue weighted by molar-refractivity contribution is 0.451. The van der Waals surface area contributed by atoms with Crippen molar-refractivity contribution in [3.63, 3.8) is 0 Å². The lowest BCUT2D eigenvalue weighted by Crippen LogP contribution is -2.36. The van der Waals surface area contributed by atoms with Crippen molar-refractivity contribution in [2.45, 2.75) is 35.6 Å². The molecule has 0 aliphatic carbocycles. The monoisotopic (exact) mass is 211 g/mol. The van der Waals surface area contributed by atoms with Gasteiger partial charge in [-0.2, -0.15) is 8.42 Å². The van der Waals surface area contributed by atoms with E-state index in [2.05, 4.69) is 0 Å². The number of thioether (sulfide) groups is 1. The van der Waals surface area contributed by atoms with Crippen molar-refractivity contribution in [3.05, 3.63) is 0 Å². The normalized spacial score (nSPS) is 38.1. The predicted octanol–water partition coefficient (Wildman–Crippen LogP) is 0.443. The number of nitrogens with two attached hydrogens (primary N) is 1. The molecule has 12 heavy (non-hydrogen) atoms. The van der Waals surface area contributed by atoms with E-state index in [1.807, 2.05) is 6.92 Å². The summed E-state index contributed by atoms with van der Waals surface area (Å²) < 4.78 is 30.3. The molecule has 3 unspecified atom stereocenters. The molecule has 0 aromatic carbocycles. The molecular weight excluding hydrogens is 198 g/mol. The minimum Gasteiger partial charge on any atom is -0.319 e. The molecule has 1 aliphatic heterocycles. The van der Waals surface area contributed by atoms with Gasteiger partial charge in [0.1, 0.15) is 0 Å². The molecule has 3 N–H and O–H groups in total. The molecule has 3 atom stereocenters. The Balaban J connectivity index is 2.68. The highest BCUT2D eigenvalue weighted by atomic mass is 32.2. The van der Waals surface area contributed by atoms with Crippen LogP contribution in [0.5, 0.6) is 0 Å². The molecule has 0 amide bonds. The SMILES string of the molecule is CC1CC(S(=O)(=O)O)CC(N)S1. The molecule has 0 bridgehead atoms. The Morgan fingerprint density at radius 1 is 1.50 bits per heavy atom. The minimum atomic E-state index is -3.89. The summed E-state index contributed by atoms with van der Waals surface area (Å²) in [5.74, 6) is 0. The molecule has 1 aliphatic rings. The van der Waals surface area contributed by atoms with Crippen LogP contribution in [0.3, 0.4) is 0 Å². The molecule has 72 valence electrons. The summed E-state index contributed by atoms with van der Waals surface area (Å²) in [5.41, 5.74) is 5.60. The highest BCUT2D eigenvalue weighted by Gasteiger charge is 2.32. The molecule has 6 heteroatoms. The van der Waals surface area contributed by atoms with Crippen LogP contribution in [-0.4, -0.2) is 28.8 Å². The van der Waals surface area contributed by atoms with E-state index in [4.69, 9.17) is 10.3 Å². The molecule has 0 radical (unpaired) electrons. The Hall–Kier alpha value is 0.220. The van der Waals surface area contributed by atoms with Crippen molar-refractivity contribution in [2.75, 3.05) is 0 Å². The first kappa shape index (κ1) is 10.3. The van der Waals surface area contributed by atoms with Crippen molar-refractivity contribution < 1.29 is 13.0 Å².